The molecule has 0 radical (unpaired) electrons. The van der Waals surface area contributed by atoms with E-state index in [1.165, 1.54) is 12.1 Å². The first-order chi connectivity index (χ1) is 10.4. The van der Waals surface area contributed by atoms with Gasteiger partial charge in [0.15, 0.2) is 0 Å². The second-order valence-electron chi connectivity index (χ2n) is 4.80. The number of hydrogen-bond donors (Lipinski definition) is 1. The van der Waals surface area contributed by atoms with E-state index in [2.05, 4.69) is 0 Å². The molecule has 0 aliphatic heterocycles. The highest BCUT2D eigenvalue weighted by molar-refractivity contribution is 7.87. The number of methoxy groups -OCH3 is 1. The Kier molecular flexibility index (Phi) is 4.82. The van der Waals surface area contributed by atoms with E-state index in [1.807, 2.05) is 6.92 Å². The van der Waals surface area contributed by atoms with Crippen LogP contribution in [0.1, 0.15) is 11.1 Å². The van der Waals surface area contributed by atoms with E-state index in [1.54, 1.807) is 43.5 Å². The van der Waals surface area contributed by atoms with Crippen molar-refractivity contribution in [1.29, 1.82) is 5.41 Å². The van der Waals surface area contributed by atoms with Crippen LogP contribution in [0.3, 0.4) is 0 Å². The molecule has 0 aliphatic rings. The van der Waals surface area contributed by atoms with Crippen LogP contribution < -0.4 is 4.74 Å². The molecular weight excluding hydrogens is 302 g/mol. The van der Waals surface area contributed by atoms with Crippen LogP contribution in [0, 0.1) is 12.3 Å². The monoisotopic (exact) mass is 319 g/mol. The third-order valence-electron chi connectivity index (χ3n) is 3.04. The number of nitrogens with one attached hydrogen (secondary N) is 1. The molecule has 0 atom stereocenters. The minimum atomic E-state index is -3.96. The van der Waals surface area contributed by atoms with Gasteiger partial charge >= 0.3 is 10.1 Å². The predicted octanol–water partition coefficient (Wildman–Crippen LogP) is 2.93. The largest absolute Gasteiger partial charge is 0.497 e. The molecular formula is C16H17NO4S. The van der Waals surface area contributed by atoms with E-state index in [0.29, 0.717) is 5.75 Å². The lowest BCUT2D eigenvalue weighted by atomic mass is 10.1. The highest BCUT2D eigenvalue weighted by atomic mass is 32.2. The molecule has 0 unspecified atom stereocenters. The summed E-state index contributed by atoms with van der Waals surface area (Å²) >= 11 is 0. The molecule has 0 heterocycles. The molecule has 0 aromatic heterocycles. The maximum absolute atomic E-state index is 12.1. The minimum Gasteiger partial charge on any atom is -0.497 e. The molecule has 0 spiro atoms. The zero-order chi connectivity index (χ0) is 16.2. The third kappa shape index (κ3) is 4.08. The van der Waals surface area contributed by atoms with Gasteiger partial charge in [0.05, 0.1) is 7.11 Å². The Morgan fingerprint density at radius 2 is 1.64 bits per heavy atom. The lowest BCUT2D eigenvalue weighted by molar-refractivity contribution is 0.414. The molecule has 0 saturated carbocycles. The molecule has 2 rings (SSSR count). The maximum Gasteiger partial charge on any atom is 0.340 e. The van der Waals surface area contributed by atoms with Crippen molar-refractivity contribution < 1.29 is 17.3 Å². The first-order valence-corrected chi connectivity index (χ1v) is 8.03. The number of aryl methyl sites for hydroxylation is 1. The average Bonchev–Trinajstić information content (AvgIpc) is 2.48. The topological polar surface area (TPSA) is 76.5 Å². The average molecular weight is 319 g/mol. The number of benzene rings is 2. The predicted molar refractivity (Wildman–Crippen MR) is 83.9 cm³/mol. The molecule has 0 aliphatic carbocycles. The van der Waals surface area contributed by atoms with Crippen LogP contribution in [-0.4, -0.2) is 21.4 Å². The van der Waals surface area contributed by atoms with Gasteiger partial charge in [0, 0.05) is 6.42 Å². The van der Waals surface area contributed by atoms with Crippen molar-refractivity contribution in [2.75, 3.05) is 7.11 Å². The van der Waals surface area contributed by atoms with Crippen molar-refractivity contribution in [3.05, 3.63) is 59.7 Å². The highest BCUT2D eigenvalue weighted by Gasteiger charge is 2.18. The van der Waals surface area contributed by atoms with E-state index in [9.17, 15) is 8.42 Å². The summed E-state index contributed by atoms with van der Waals surface area (Å²) in [6, 6.07) is 13.3. The number of rotatable bonds is 5. The molecule has 22 heavy (non-hydrogen) atoms. The van der Waals surface area contributed by atoms with Gasteiger partial charge in [-0.05, 0) is 36.8 Å². The SMILES string of the molecule is COc1ccc(CC(=N)OS(=O)(=O)c2ccc(C)cc2)cc1. The summed E-state index contributed by atoms with van der Waals surface area (Å²) in [7, 11) is -2.39. The Hall–Kier alpha value is -2.34. The first kappa shape index (κ1) is 16.0. The molecule has 2 aromatic rings. The summed E-state index contributed by atoms with van der Waals surface area (Å²) in [6.07, 6.45) is 0.0923. The van der Waals surface area contributed by atoms with E-state index in [-0.39, 0.29) is 17.2 Å². The minimum absolute atomic E-state index is 0.0394. The first-order valence-electron chi connectivity index (χ1n) is 6.62. The van der Waals surface area contributed by atoms with Gasteiger partial charge in [-0.1, -0.05) is 29.8 Å². The van der Waals surface area contributed by atoms with E-state index >= 15 is 0 Å². The van der Waals surface area contributed by atoms with Crippen LogP contribution in [0.25, 0.3) is 0 Å². The molecule has 0 amide bonds. The normalized spacial score (nSPS) is 11.0. The smallest absolute Gasteiger partial charge is 0.340 e. The van der Waals surface area contributed by atoms with Gasteiger partial charge in [-0.25, -0.2) is 0 Å². The van der Waals surface area contributed by atoms with Gasteiger partial charge < -0.3 is 8.92 Å². The van der Waals surface area contributed by atoms with Crippen molar-refractivity contribution in [3.8, 4) is 5.75 Å². The molecule has 1 N–H and O–H groups in total. The molecule has 5 nitrogen and oxygen atoms in total. The van der Waals surface area contributed by atoms with E-state index < -0.39 is 10.1 Å². The summed E-state index contributed by atoms with van der Waals surface area (Å²) in [4.78, 5) is 0.0394. The Morgan fingerprint density at radius 1 is 1.05 bits per heavy atom. The summed E-state index contributed by atoms with van der Waals surface area (Å²) in [5.41, 5.74) is 1.72. The van der Waals surface area contributed by atoms with Crippen LogP contribution >= 0.6 is 0 Å². The second kappa shape index (κ2) is 6.62. The third-order valence-corrected chi connectivity index (χ3v) is 4.31. The summed E-state index contributed by atoms with van der Waals surface area (Å²) in [5, 5.41) is 7.74. The molecule has 0 bridgehead atoms. The fourth-order valence-electron chi connectivity index (χ4n) is 1.84. The molecule has 0 saturated heterocycles. The fraction of sp³-hybridized carbons (Fsp3) is 0.188. The lowest BCUT2D eigenvalue weighted by Crippen LogP contribution is -2.14. The highest BCUT2D eigenvalue weighted by Crippen LogP contribution is 2.16. The van der Waals surface area contributed by atoms with Crippen LogP contribution in [0.5, 0.6) is 5.75 Å². The van der Waals surface area contributed by atoms with Gasteiger partial charge in [-0.15, -0.1) is 0 Å². The Labute approximate surface area is 130 Å². The van der Waals surface area contributed by atoms with Crippen LogP contribution in [0.2, 0.25) is 0 Å². The number of ether oxygens (including phenoxy) is 1. The lowest BCUT2D eigenvalue weighted by Gasteiger charge is -2.08. The van der Waals surface area contributed by atoms with Crippen molar-refractivity contribution in [1.82, 2.24) is 0 Å². The Balaban J connectivity index is 2.05. The van der Waals surface area contributed by atoms with Crippen LogP contribution in [-0.2, 0) is 20.7 Å². The second-order valence-corrected chi connectivity index (χ2v) is 6.34. The van der Waals surface area contributed by atoms with Gasteiger partial charge in [0.2, 0.25) is 5.90 Å². The van der Waals surface area contributed by atoms with Gasteiger partial charge in [-0.3, -0.25) is 5.41 Å². The summed E-state index contributed by atoms with van der Waals surface area (Å²) in [6.45, 7) is 1.86. The van der Waals surface area contributed by atoms with Crippen molar-refractivity contribution in [2.24, 2.45) is 0 Å². The quantitative estimate of drug-likeness (QED) is 0.522. The number of hydrogen-bond acceptors (Lipinski definition) is 5. The molecule has 116 valence electrons. The van der Waals surface area contributed by atoms with Gasteiger partial charge in [0.1, 0.15) is 10.6 Å². The standard InChI is InChI=1S/C16H17NO4S/c1-12-3-9-15(10-4-12)22(18,19)21-16(17)11-13-5-7-14(20-2)8-6-13/h3-10,17H,11H2,1-2H3. The van der Waals surface area contributed by atoms with E-state index in [0.717, 1.165) is 11.1 Å². The zero-order valence-corrected chi connectivity index (χ0v) is 13.2. The van der Waals surface area contributed by atoms with Crippen molar-refractivity contribution in [3.63, 3.8) is 0 Å². The summed E-state index contributed by atoms with van der Waals surface area (Å²) < 4.78 is 34.0. The van der Waals surface area contributed by atoms with Gasteiger partial charge in [0.25, 0.3) is 0 Å². The van der Waals surface area contributed by atoms with Crippen molar-refractivity contribution >= 4 is 16.0 Å². The van der Waals surface area contributed by atoms with Crippen LogP contribution in [0.15, 0.2) is 53.4 Å². The molecule has 2 aromatic carbocycles. The summed E-state index contributed by atoms with van der Waals surface area (Å²) in [5.74, 6) is 0.370. The zero-order valence-electron chi connectivity index (χ0n) is 12.4. The molecule has 6 heteroatoms. The van der Waals surface area contributed by atoms with E-state index in [4.69, 9.17) is 14.3 Å². The van der Waals surface area contributed by atoms with Crippen LogP contribution in [0.4, 0.5) is 0 Å². The molecule has 0 fully saturated rings. The Morgan fingerprint density at radius 3 is 2.18 bits per heavy atom. The fourth-order valence-corrected chi connectivity index (χ4v) is 2.73. The Bertz CT molecular complexity index is 750. The maximum atomic E-state index is 12.1. The van der Waals surface area contributed by atoms with Crippen molar-refractivity contribution in [2.45, 2.75) is 18.2 Å². The van der Waals surface area contributed by atoms with Gasteiger partial charge in [-0.2, -0.15) is 8.42 Å².